The predicted molar refractivity (Wildman–Crippen MR) is 85.9 cm³/mol. The second-order valence-electron chi connectivity index (χ2n) is 5.13. The topological polar surface area (TPSA) is 75.3 Å². The third kappa shape index (κ3) is 4.61. The Labute approximate surface area is 134 Å². The van der Waals surface area contributed by atoms with E-state index in [0.717, 1.165) is 6.07 Å². The lowest BCUT2D eigenvalue weighted by molar-refractivity contribution is -0.114. The number of anilines is 1. The smallest absolute Gasteiger partial charge is 0.240 e. The van der Waals surface area contributed by atoms with Gasteiger partial charge in [0, 0.05) is 19.2 Å². The van der Waals surface area contributed by atoms with Crippen molar-refractivity contribution in [2.75, 3.05) is 5.32 Å². The second-order valence-corrected chi connectivity index (χ2v) is 6.89. The van der Waals surface area contributed by atoms with Gasteiger partial charge in [0.15, 0.2) is 0 Å². The lowest BCUT2D eigenvalue weighted by Crippen LogP contribution is -2.24. The second kappa shape index (κ2) is 6.89. The molecule has 23 heavy (non-hydrogen) atoms. The Kier molecular flexibility index (Phi) is 5.12. The van der Waals surface area contributed by atoms with E-state index in [1.54, 1.807) is 31.2 Å². The standard InChI is InChI=1S/C16H17FN2O3S/c1-11-7-14(17)9-15(8-11)23(21,22)18-10-13-5-3-4-6-16(13)19-12(2)20/h3-9,18H,10H2,1-2H3,(H,19,20). The molecule has 0 spiro atoms. The first-order chi connectivity index (χ1) is 10.8. The summed E-state index contributed by atoms with van der Waals surface area (Å²) in [5, 5.41) is 2.63. The molecule has 0 heterocycles. The third-order valence-corrected chi connectivity index (χ3v) is 4.49. The van der Waals surface area contributed by atoms with Crippen molar-refractivity contribution in [2.45, 2.75) is 25.3 Å². The fourth-order valence-corrected chi connectivity index (χ4v) is 3.22. The zero-order chi connectivity index (χ0) is 17.0. The number of aryl methyl sites for hydroxylation is 1. The van der Waals surface area contributed by atoms with E-state index in [1.807, 2.05) is 0 Å². The molecule has 2 aromatic rings. The Morgan fingerprint density at radius 3 is 2.52 bits per heavy atom. The zero-order valence-corrected chi connectivity index (χ0v) is 13.6. The maximum atomic E-state index is 13.4. The fraction of sp³-hybridized carbons (Fsp3) is 0.188. The van der Waals surface area contributed by atoms with Crippen LogP contribution in [0.5, 0.6) is 0 Å². The van der Waals surface area contributed by atoms with Crippen LogP contribution >= 0.6 is 0 Å². The van der Waals surface area contributed by atoms with Crippen LogP contribution in [-0.4, -0.2) is 14.3 Å². The average molecular weight is 336 g/mol. The molecule has 0 saturated carbocycles. The highest BCUT2D eigenvalue weighted by atomic mass is 32.2. The van der Waals surface area contributed by atoms with E-state index < -0.39 is 15.8 Å². The van der Waals surface area contributed by atoms with Gasteiger partial charge in [-0.2, -0.15) is 0 Å². The van der Waals surface area contributed by atoms with Gasteiger partial charge >= 0.3 is 0 Å². The first-order valence-corrected chi connectivity index (χ1v) is 8.38. The summed E-state index contributed by atoms with van der Waals surface area (Å²) < 4.78 is 40.4. The van der Waals surface area contributed by atoms with Crippen LogP contribution in [0.4, 0.5) is 10.1 Å². The van der Waals surface area contributed by atoms with Crippen LogP contribution in [0.1, 0.15) is 18.1 Å². The molecule has 5 nitrogen and oxygen atoms in total. The van der Waals surface area contributed by atoms with Crippen molar-refractivity contribution in [3.8, 4) is 0 Å². The van der Waals surface area contributed by atoms with E-state index in [-0.39, 0.29) is 17.3 Å². The molecule has 0 aliphatic rings. The number of carbonyl (C=O) groups is 1. The van der Waals surface area contributed by atoms with Crippen molar-refractivity contribution in [3.63, 3.8) is 0 Å². The summed E-state index contributed by atoms with van der Waals surface area (Å²) in [6, 6.07) is 10.5. The number of halogens is 1. The van der Waals surface area contributed by atoms with Crippen LogP contribution in [0, 0.1) is 12.7 Å². The number of para-hydroxylation sites is 1. The van der Waals surface area contributed by atoms with Gasteiger partial charge < -0.3 is 5.32 Å². The van der Waals surface area contributed by atoms with Crippen LogP contribution in [0.15, 0.2) is 47.4 Å². The number of sulfonamides is 1. The van der Waals surface area contributed by atoms with Crippen molar-refractivity contribution in [2.24, 2.45) is 0 Å². The molecule has 0 saturated heterocycles. The van der Waals surface area contributed by atoms with Crippen molar-refractivity contribution in [1.29, 1.82) is 0 Å². The Balaban J connectivity index is 2.21. The minimum Gasteiger partial charge on any atom is -0.326 e. The molecular weight excluding hydrogens is 319 g/mol. The van der Waals surface area contributed by atoms with Gasteiger partial charge in [0.25, 0.3) is 0 Å². The van der Waals surface area contributed by atoms with Gasteiger partial charge in [0.1, 0.15) is 5.82 Å². The van der Waals surface area contributed by atoms with Crippen molar-refractivity contribution < 1.29 is 17.6 Å². The SMILES string of the molecule is CC(=O)Nc1ccccc1CNS(=O)(=O)c1cc(C)cc(F)c1. The summed E-state index contributed by atoms with van der Waals surface area (Å²) in [4.78, 5) is 11.0. The minimum absolute atomic E-state index is 0.0195. The highest BCUT2D eigenvalue weighted by Crippen LogP contribution is 2.17. The predicted octanol–water partition coefficient (Wildman–Crippen LogP) is 2.57. The molecule has 0 unspecified atom stereocenters. The number of hydrogen-bond donors (Lipinski definition) is 2. The molecule has 0 aliphatic heterocycles. The van der Waals surface area contributed by atoms with E-state index in [2.05, 4.69) is 10.0 Å². The number of carbonyl (C=O) groups excluding carboxylic acids is 1. The van der Waals surface area contributed by atoms with Crippen molar-refractivity contribution in [1.82, 2.24) is 4.72 Å². The van der Waals surface area contributed by atoms with Gasteiger partial charge in [0.2, 0.25) is 15.9 Å². The van der Waals surface area contributed by atoms with Crippen molar-refractivity contribution >= 4 is 21.6 Å². The first-order valence-electron chi connectivity index (χ1n) is 6.90. The maximum absolute atomic E-state index is 13.4. The number of benzene rings is 2. The summed E-state index contributed by atoms with van der Waals surface area (Å²) >= 11 is 0. The molecule has 0 aliphatic carbocycles. The van der Waals surface area contributed by atoms with Crippen LogP contribution in [0.3, 0.4) is 0 Å². The van der Waals surface area contributed by atoms with Gasteiger partial charge in [-0.05, 0) is 42.3 Å². The highest BCUT2D eigenvalue weighted by Gasteiger charge is 2.16. The molecule has 0 bridgehead atoms. The summed E-state index contributed by atoms with van der Waals surface area (Å²) in [6.07, 6.45) is 0. The molecule has 2 rings (SSSR count). The fourth-order valence-electron chi connectivity index (χ4n) is 2.10. The van der Waals surface area contributed by atoms with Gasteiger partial charge in [-0.3, -0.25) is 4.79 Å². The average Bonchev–Trinajstić information content (AvgIpc) is 2.45. The van der Waals surface area contributed by atoms with Gasteiger partial charge in [-0.1, -0.05) is 18.2 Å². The van der Waals surface area contributed by atoms with Crippen LogP contribution in [-0.2, 0) is 21.4 Å². The van der Waals surface area contributed by atoms with Crippen molar-refractivity contribution in [3.05, 3.63) is 59.4 Å². The Morgan fingerprint density at radius 2 is 1.87 bits per heavy atom. The molecule has 2 N–H and O–H groups in total. The molecule has 0 atom stereocenters. The summed E-state index contributed by atoms with van der Waals surface area (Å²) in [6.45, 7) is 2.97. The minimum atomic E-state index is -3.85. The number of hydrogen-bond acceptors (Lipinski definition) is 3. The lowest BCUT2D eigenvalue weighted by Gasteiger charge is -2.12. The van der Waals surface area contributed by atoms with E-state index in [4.69, 9.17) is 0 Å². The first kappa shape index (κ1) is 17.1. The van der Waals surface area contributed by atoms with E-state index in [0.29, 0.717) is 16.8 Å². The van der Waals surface area contributed by atoms with E-state index in [9.17, 15) is 17.6 Å². The largest absolute Gasteiger partial charge is 0.326 e. The Morgan fingerprint density at radius 1 is 1.17 bits per heavy atom. The number of nitrogens with one attached hydrogen (secondary N) is 2. The maximum Gasteiger partial charge on any atom is 0.240 e. The quantitative estimate of drug-likeness (QED) is 0.881. The number of rotatable bonds is 5. The van der Waals surface area contributed by atoms with Gasteiger partial charge in [-0.25, -0.2) is 17.5 Å². The molecular formula is C16H17FN2O3S. The molecule has 0 fully saturated rings. The molecule has 2 aromatic carbocycles. The molecule has 0 aromatic heterocycles. The van der Waals surface area contributed by atoms with E-state index >= 15 is 0 Å². The normalized spacial score (nSPS) is 11.3. The lowest BCUT2D eigenvalue weighted by atomic mass is 10.2. The van der Waals surface area contributed by atoms with Gasteiger partial charge in [-0.15, -0.1) is 0 Å². The monoisotopic (exact) mass is 336 g/mol. The zero-order valence-electron chi connectivity index (χ0n) is 12.8. The molecule has 1 amide bonds. The molecule has 0 radical (unpaired) electrons. The Hall–Kier alpha value is -2.25. The van der Waals surface area contributed by atoms with E-state index in [1.165, 1.54) is 19.1 Å². The Bertz CT molecular complexity index is 815. The number of amides is 1. The molecule has 7 heteroatoms. The van der Waals surface area contributed by atoms with Crippen LogP contribution < -0.4 is 10.0 Å². The van der Waals surface area contributed by atoms with Crippen LogP contribution in [0.2, 0.25) is 0 Å². The van der Waals surface area contributed by atoms with Crippen LogP contribution in [0.25, 0.3) is 0 Å². The third-order valence-electron chi connectivity index (χ3n) is 3.11. The highest BCUT2D eigenvalue weighted by molar-refractivity contribution is 7.89. The summed E-state index contributed by atoms with van der Waals surface area (Å²) in [5.74, 6) is -0.856. The molecule has 122 valence electrons. The van der Waals surface area contributed by atoms with Gasteiger partial charge in [0.05, 0.1) is 4.90 Å². The summed E-state index contributed by atoms with van der Waals surface area (Å²) in [5.41, 5.74) is 1.65. The summed E-state index contributed by atoms with van der Waals surface area (Å²) in [7, 11) is -3.85.